The minimum atomic E-state index is -2.86. The van der Waals surface area contributed by atoms with Gasteiger partial charge < -0.3 is 27.5 Å². The predicted molar refractivity (Wildman–Crippen MR) is 90.4 cm³/mol. The summed E-state index contributed by atoms with van der Waals surface area (Å²) in [6, 6.07) is 4.11. The van der Waals surface area contributed by atoms with E-state index in [0.29, 0.717) is 43.1 Å². The van der Waals surface area contributed by atoms with Gasteiger partial charge in [0, 0.05) is 37.5 Å². The predicted octanol–water partition coefficient (Wildman–Crippen LogP) is 2.84. The summed E-state index contributed by atoms with van der Waals surface area (Å²) in [6.45, 7) is 7.36. The quantitative estimate of drug-likeness (QED) is 0.575. The lowest BCUT2D eigenvalue weighted by atomic mass is 10.2. The van der Waals surface area contributed by atoms with Gasteiger partial charge in [-0.1, -0.05) is 0 Å². The van der Waals surface area contributed by atoms with Crippen molar-refractivity contribution in [2.75, 3.05) is 41.2 Å². The van der Waals surface area contributed by atoms with Crippen LogP contribution in [0.1, 0.15) is 26.3 Å². The second-order valence-corrected chi connectivity index (χ2v) is 7.25. The standard InChI is InChI=1S/C16H28O6Si/c1-7-20-23(21-8-2,22-9-3)12-14-15(18-5)10-13(17-4)11-16(14)19-6/h10-11H,7-9,12H2,1-6H3. The second-order valence-electron chi connectivity index (χ2n) is 4.67. The fraction of sp³-hybridized carbons (Fsp3) is 0.625. The molecule has 6 nitrogen and oxygen atoms in total. The first-order chi connectivity index (χ1) is 11.1. The van der Waals surface area contributed by atoms with E-state index >= 15 is 0 Å². The summed E-state index contributed by atoms with van der Waals surface area (Å²) >= 11 is 0. The molecule has 0 aliphatic rings. The minimum Gasteiger partial charge on any atom is -0.496 e. The highest BCUT2D eigenvalue weighted by molar-refractivity contribution is 6.60. The zero-order valence-corrected chi connectivity index (χ0v) is 15.9. The van der Waals surface area contributed by atoms with Crippen LogP contribution in [0.2, 0.25) is 0 Å². The van der Waals surface area contributed by atoms with E-state index in [1.165, 1.54) is 0 Å². The summed E-state index contributed by atoms with van der Waals surface area (Å²) in [5.41, 5.74) is 0.859. The first kappa shape index (κ1) is 19.8. The van der Waals surface area contributed by atoms with Crippen LogP contribution in [0.4, 0.5) is 0 Å². The third kappa shape index (κ3) is 5.10. The number of rotatable bonds is 11. The maximum atomic E-state index is 5.92. The average Bonchev–Trinajstić information content (AvgIpc) is 2.55. The molecule has 0 bridgehead atoms. The maximum absolute atomic E-state index is 5.92. The third-order valence-electron chi connectivity index (χ3n) is 3.30. The normalized spacial score (nSPS) is 11.4. The topological polar surface area (TPSA) is 55.4 Å². The summed E-state index contributed by atoms with van der Waals surface area (Å²) in [4.78, 5) is 0. The third-order valence-corrected chi connectivity index (χ3v) is 6.28. The molecule has 0 aliphatic carbocycles. The van der Waals surface area contributed by atoms with Crippen molar-refractivity contribution in [3.8, 4) is 17.2 Å². The molecule has 23 heavy (non-hydrogen) atoms. The van der Waals surface area contributed by atoms with Crippen molar-refractivity contribution in [3.63, 3.8) is 0 Å². The molecule has 0 saturated carbocycles. The monoisotopic (exact) mass is 344 g/mol. The van der Waals surface area contributed by atoms with Crippen LogP contribution in [0.5, 0.6) is 17.2 Å². The van der Waals surface area contributed by atoms with Crippen molar-refractivity contribution >= 4 is 8.80 Å². The van der Waals surface area contributed by atoms with E-state index < -0.39 is 8.80 Å². The second kappa shape index (κ2) is 9.77. The zero-order valence-electron chi connectivity index (χ0n) is 14.9. The molecule has 0 atom stereocenters. The Balaban J connectivity index is 3.29. The largest absolute Gasteiger partial charge is 0.505 e. The highest BCUT2D eigenvalue weighted by Crippen LogP contribution is 2.36. The Bertz CT molecular complexity index is 438. The van der Waals surface area contributed by atoms with E-state index in [0.717, 1.165) is 5.56 Å². The molecule has 0 saturated heterocycles. The molecular formula is C16H28O6Si. The SMILES string of the molecule is CCO[Si](Cc1c(OC)cc(OC)cc1OC)(OCC)OCC. The van der Waals surface area contributed by atoms with Crippen LogP contribution in [0.15, 0.2) is 12.1 Å². The van der Waals surface area contributed by atoms with Gasteiger partial charge in [-0.15, -0.1) is 0 Å². The molecule has 1 rings (SSSR count). The number of hydrogen-bond acceptors (Lipinski definition) is 6. The van der Waals surface area contributed by atoms with Crippen LogP contribution in [0.3, 0.4) is 0 Å². The van der Waals surface area contributed by atoms with Gasteiger partial charge in [0.25, 0.3) is 0 Å². The Labute approximate surface area is 140 Å². The van der Waals surface area contributed by atoms with Gasteiger partial charge in [0.05, 0.1) is 27.4 Å². The van der Waals surface area contributed by atoms with Crippen molar-refractivity contribution < 1.29 is 27.5 Å². The summed E-state index contributed by atoms with van der Waals surface area (Å²) in [7, 11) is 1.97. The van der Waals surface area contributed by atoms with Gasteiger partial charge in [-0.25, -0.2) is 0 Å². The van der Waals surface area contributed by atoms with Gasteiger partial charge >= 0.3 is 8.80 Å². The van der Waals surface area contributed by atoms with Crippen LogP contribution in [0, 0.1) is 0 Å². The molecule has 0 radical (unpaired) electrons. The van der Waals surface area contributed by atoms with Gasteiger partial charge in [0.2, 0.25) is 0 Å². The summed E-state index contributed by atoms with van der Waals surface area (Å²) < 4.78 is 34.1. The molecule has 0 fully saturated rings. The van der Waals surface area contributed by atoms with Gasteiger partial charge in [-0.3, -0.25) is 0 Å². The fourth-order valence-corrected chi connectivity index (χ4v) is 5.06. The summed E-state index contributed by atoms with van der Waals surface area (Å²) in [6.07, 6.45) is 0. The molecule has 1 aromatic carbocycles. The first-order valence-corrected chi connectivity index (χ1v) is 9.73. The van der Waals surface area contributed by atoms with E-state index in [1.54, 1.807) is 21.3 Å². The molecule has 7 heteroatoms. The Morgan fingerprint density at radius 3 is 1.48 bits per heavy atom. The van der Waals surface area contributed by atoms with Crippen molar-refractivity contribution in [3.05, 3.63) is 17.7 Å². The molecule has 132 valence electrons. The maximum Gasteiger partial charge on any atom is 0.505 e. The molecule has 0 N–H and O–H groups in total. The lowest BCUT2D eigenvalue weighted by molar-refractivity contribution is 0.0700. The van der Waals surface area contributed by atoms with Crippen molar-refractivity contribution in [1.29, 1.82) is 0 Å². The molecule has 0 spiro atoms. The van der Waals surface area contributed by atoms with E-state index in [-0.39, 0.29) is 0 Å². The minimum absolute atomic E-state index is 0.471. The molecule has 0 aromatic heterocycles. The fourth-order valence-electron chi connectivity index (χ4n) is 2.41. The van der Waals surface area contributed by atoms with Gasteiger partial charge in [-0.2, -0.15) is 0 Å². The summed E-state index contributed by atoms with van der Waals surface area (Å²) in [5, 5.41) is 0. The van der Waals surface area contributed by atoms with Crippen LogP contribution in [-0.4, -0.2) is 50.0 Å². The van der Waals surface area contributed by atoms with E-state index in [4.69, 9.17) is 27.5 Å². The van der Waals surface area contributed by atoms with Gasteiger partial charge in [-0.05, 0) is 20.8 Å². The summed E-state index contributed by atoms with van der Waals surface area (Å²) in [5.74, 6) is 1.99. The Kier molecular flexibility index (Phi) is 8.39. The van der Waals surface area contributed by atoms with Crippen molar-refractivity contribution in [1.82, 2.24) is 0 Å². The number of methoxy groups -OCH3 is 3. The number of hydrogen-bond donors (Lipinski definition) is 0. The van der Waals surface area contributed by atoms with Crippen LogP contribution < -0.4 is 14.2 Å². The Morgan fingerprint density at radius 2 is 1.17 bits per heavy atom. The van der Waals surface area contributed by atoms with E-state index in [1.807, 2.05) is 32.9 Å². The zero-order chi connectivity index (χ0) is 17.3. The Hall–Kier alpha value is -1.28. The molecule has 0 amide bonds. The van der Waals surface area contributed by atoms with Crippen LogP contribution in [0.25, 0.3) is 0 Å². The number of ether oxygens (including phenoxy) is 3. The molecule has 0 aliphatic heterocycles. The molecule has 0 heterocycles. The molecular weight excluding hydrogens is 316 g/mol. The van der Waals surface area contributed by atoms with Crippen molar-refractivity contribution in [2.24, 2.45) is 0 Å². The first-order valence-electron chi connectivity index (χ1n) is 7.80. The van der Waals surface area contributed by atoms with Crippen LogP contribution in [-0.2, 0) is 19.3 Å². The van der Waals surface area contributed by atoms with Crippen molar-refractivity contribution in [2.45, 2.75) is 26.8 Å². The van der Waals surface area contributed by atoms with E-state index in [9.17, 15) is 0 Å². The lowest BCUT2D eigenvalue weighted by Gasteiger charge is -2.29. The highest BCUT2D eigenvalue weighted by atomic mass is 28.4. The van der Waals surface area contributed by atoms with Gasteiger partial charge in [0.1, 0.15) is 17.2 Å². The lowest BCUT2D eigenvalue weighted by Crippen LogP contribution is -2.48. The Morgan fingerprint density at radius 1 is 0.739 bits per heavy atom. The highest BCUT2D eigenvalue weighted by Gasteiger charge is 2.42. The van der Waals surface area contributed by atoms with Crippen LogP contribution >= 0.6 is 0 Å². The van der Waals surface area contributed by atoms with Gasteiger partial charge in [0.15, 0.2) is 0 Å². The molecule has 0 unspecified atom stereocenters. The van der Waals surface area contributed by atoms with E-state index in [2.05, 4.69) is 0 Å². The molecule has 1 aromatic rings. The average molecular weight is 344 g/mol. The smallest absolute Gasteiger partial charge is 0.496 e. The number of benzene rings is 1.